The Balaban J connectivity index is 1.26. The van der Waals surface area contributed by atoms with Gasteiger partial charge in [-0.3, -0.25) is 38.6 Å². The van der Waals surface area contributed by atoms with Gasteiger partial charge in [-0.05, 0) is 72.9 Å². The van der Waals surface area contributed by atoms with Crippen molar-refractivity contribution in [2.24, 2.45) is 22.2 Å². The Kier molecular flexibility index (Phi) is 15.0. The van der Waals surface area contributed by atoms with E-state index in [1.54, 1.807) is 6.20 Å². The van der Waals surface area contributed by atoms with E-state index in [1.807, 2.05) is 66.7 Å². The summed E-state index contributed by atoms with van der Waals surface area (Å²) in [5, 5.41) is 19.1. The number of aromatic amines is 1. The van der Waals surface area contributed by atoms with Gasteiger partial charge in [-0.1, -0.05) is 73.5 Å². The van der Waals surface area contributed by atoms with Crippen LogP contribution >= 0.6 is 0 Å². The maximum Gasteiger partial charge on any atom is 0.325 e. The molecule has 2 saturated heterocycles. The fourth-order valence-corrected chi connectivity index (χ4v) is 9.25. The number of para-hydroxylation sites is 1. The number of aromatic nitrogens is 1. The molecule has 20 heteroatoms. The third kappa shape index (κ3) is 11.3. The molecule has 9 amide bonds. The molecule has 2 bridgehead atoms. The van der Waals surface area contributed by atoms with Crippen LogP contribution < -0.4 is 49.1 Å². The number of urea groups is 1. The minimum absolute atomic E-state index is 0.0170. The van der Waals surface area contributed by atoms with Crippen LogP contribution in [0.1, 0.15) is 75.3 Å². The molecule has 5 atom stereocenters. The Morgan fingerprint density at radius 1 is 0.731 bits per heavy atom. The molecule has 1 aliphatic carbocycles. The fourth-order valence-electron chi connectivity index (χ4n) is 9.25. The molecule has 4 aromatic rings. The van der Waals surface area contributed by atoms with Crippen LogP contribution in [0.5, 0.6) is 0 Å². The summed E-state index contributed by atoms with van der Waals surface area (Å²) in [5.74, 6) is -5.24. The molecule has 2 aliphatic heterocycles. The first kappa shape index (κ1) is 47.5. The number of carbonyl (C=O) groups excluding carboxylic acids is 8. The SMILES string of the molecule is NC(=O)[C@H]1CCCCNC(=O)C[C@@H]2NC(=O)N(C2=O)C2(CCCC2)C(=O)N[C@H](Cc2ccc3ccccc3c2)C(=O)N[C@H](CCCN=C(N)N)C(=O)N[C@@H](Cc2c[nH]c3ccccc23)C(=O)N1. The number of fused-ring (bicyclic) bond motifs is 5. The van der Waals surface area contributed by atoms with Crippen LogP contribution in [0, 0.1) is 0 Å². The second-order valence-electron chi connectivity index (χ2n) is 17.5. The number of benzene rings is 3. The zero-order valence-electron chi connectivity index (χ0n) is 37.1. The predicted molar refractivity (Wildman–Crippen MR) is 248 cm³/mol. The molecule has 3 aromatic carbocycles. The third-order valence-corrected chi connectivity index (χ3v) is 12.8. The molecule has 1 saturated carbocycles. The molecule has 0 unspecified atom stereocenters. The number of nitrogens with one attached hydrogen (secondary N) is 7. The number of aliphatic imine (C=N–C) groups is 1. The number of hydrogen-bond donors (Lipinski definition) is 10. The van der Waals surface area contributed by atoms with E-state index in [0.717, 1.165) is 26.6 Å². The summed E-state index contributed by atoms with van der Waals surface area (Å²) in [6.07, 6.45) is 3.45. The van der Waals surface area contributed by atoms with Crippen molar-refractivity contribution in [1.29, 1.82) is 0 Å². The van der Waals surface area contributed by atoms with Crippen molar-refractivity contribution < 1.29 is 38.4 Å². The van der Waals surface area contributed by atoms with Gasteiger partial charge in [-0.2, -0.15) is 0 Å². The van der Waals surface area contributed by atoms with E-state index in [2.05, 4.69) is 41.9 Å². The smallest absolute Gasteiger partial charge is 0.325 e. The Hall–Kier alpha value is -7.51. The first-order valence-corrected chi connectivity index (χ1v) is 22.7. The summed E-state index contributed by atoms with van der Waals surface area (Å²) in [5.41, 5.74) is 17.4. The number of nitrogens with zero attached hydrogens (tertiary/aromatic N) is 2. The molecule has 13 N–H and O–H groups in total. The third-order valence-electron chi connectivity index (χ3n) is 12.8. The Labute approximate surface area is 386 Å². The summed E-state index contributed by atoms with van der Waals surface area (Å²) in [6, 6.07) is 13.4. The van der Waals surface area contributed by atoms with Crippen LogP contribution in [0.3, 0.4) is 0 Å². The Morgan fingerprint density at radius 3 is 2.18 bits per heavy atom. The molecule has 3 aliphatic rings. The molecular formula is C47H58N12O8. The molecule has 1 aromatic heterocycles. The summed E-state index contributed by atoms with van der Waals surface area (Å²) >= 11 is 0. The number of hydrogen-bond acceptors (Lipinski definition) is 9. The first-order valence-electron chi connectivity index (χ1n) is 22.7. The minimum atomic E-state index is -1.68. The van der Waals surface area contributed by atoms with Crippen LogP contribution in [0.2, 0.25) is 0 Å². The first-order chi connectivity index (χ1) is 32.2. The highest BCUT2D eigenvalue weighted by molar-refractivity contribution is 6.10. The highest BCUT2D eigenvalue weighted by Gasteiger charge is 2.56. The van der Waals surface area contributed by atoms with E-state index in [0.29, 0.717) is 36.8 Å². The van der Waals surface area contributed by atoms with Gasteiger partial charge in [0.15, 0.2) is 5.96 Å². The van der Waals surface area contributed by atoms with Gasteiger partial charge in [-0.15, -0.1) is 0 Å². The quantitative estimate of drug-likeness (QED) is 0.0480. The zero-order chi connectivity index (χ0) is 47.7. The highest BCUT2D eigenvalue weighted by atomic mass is 16.2. The van der Waals surface area contributed by atoms with Crippen molar-refractivity contribution in [2.45, 2.75) is 113 Å². The standard InChI is InChI=1S/C47H58N12O8/c48-39(61)33-14-5-8-20-51-38(60)25-37-43(65)59(46(67)58-37)47(18-6-7-19-47)44(66)57-35(23-27-16-17-28-10-1-2-11-29(28)22-27)41(63)55-34(15-9-21-52-45(49)50)40(62)56-36(42(64)54-33)24-30-26-53-32-13-4-3-12-31(30)32/h1-4,10-13,16-17,22,26,33-37,53H,5-9,14-15,18-21,23-25H2,(H2,48,61)(H,51,60)(H,54,64)(H,55,63)(H,56,62)(H,57,66)(H,58,67)(H4,49,50,52)/t33-,34-,35-,36+,37+/m1/s1. The van der Waals surface area contributed by atoms with Gasteiger partial charge in [0.25, 0.3) is 5.91 Å². The van der Waals surface area contributed by atoms with Crippen molar-refractivity contribution >= 4 is 75.0 Å². The van der Waals surface area contributed by atoms with Crippen LogP contribution in [0.4, 0.5) is 4.79 Å². The molecule has 67 heavy (non-hydrogen) atoms. The molecular weight excluding hydrogens is 861 g/mol. The lowest BCUT2D eigenvalue weighted by Crippen LogP contribution is -2.63. The van der Waals surface area contributed by atoms with Crippen molar-refractivity contribution in [3.05, 3.63) is 84.1 Å². The van der Waals surface area contributed by atoms with E-state index < -0.39 is 89.6 Å². The van der Waals surface area contributed by atoms with Gasteiger partial charge in [0, 0.05) is 43.0 Å². The van der Waals surface area contributed by atoms with Gasteiger partial charge in [0.2, 0.25) is 35.4 Å². The van der Waals surface area contributed by atoms with Gasteiger partial charge in [0.1, 0.15) is 35.7 Å². The lowest BCUT2D eigenvalue weighted by atomic mass is 9.92. The van der Waals surface area contributed by atoms with Crippen LogP contribution in [-0.4, -0.2) is 112 Å². The Bertz CT molecular complexity index is 2570. The number of rotatable bonds is 9. The van der Waals surface area contributed by atoms with Crippen LogP contribution in [-0.2, 0) is 46.4 Å². The Morgan fingerprint density at radius 2 is 1.42 bits per heavy atom. The van der Waals surface area contributed by atoms with Crippen molar-refractivity contribution in [3.8, 4) is 0 Å². The topological polar surface area (TPSA) is 318 Å². The van der Waals surface area contributed by atoms with E-state index in [1.165, 1.54) is 0 Å². The molecule has 20 nitrogen and oxygen atoms in total. The van der Waals surface area contributed by atoms with E-state index in [9.17, 15) is 38.4 Å². The summed E-state index contributed by atoms with van der Waals surface area (Å²) in [7, 11) is 0. The lowest BCUT2D eigenvalue weighted by molar-refractivity contribution is -0.144. The second-order valence-corrected chi connectivity index (χ2v) is 17.5. The molecule has 7 rings (SSSR count). The summed E-state index contributed by atoms with van der Waals surface area (Å²) < 4.78 is 0. The summed E-state index contributed by atoms with van der Waals surface area (Å²) in [4.78, 5) is 120. The molecule has 354 valence electrons. The monoisotopic (exact) mass is 918 g/mol. The molecule has 0 radical (unpaired) electrons. The number of amides is 9. The van der Waals surface area contributed by atoms with Gasteiger partial charge in [-0.25, -0.2) is 9.69 Å². The minimum Gasteiger partial charge on any atom is -0.370 e. The molecule has 3 heterocycles. The maximum atomic E-state index is 14.8. The number of nitrogens with two attached hydrogens (primary N) is 3. The normalized spacial score (nSPS) is 23.5. The number of guanidine groups is 1. The average Bonchev–Trinajstić information content (AvgIpc) is 4.03. The van der Waals surface area contributed by atoms with E-state index >= 15 is 0 Å². The van der Waals surface area contributed by atoms with Crippen molar-refractivity contribution in [3.63, 3.8) is 0 Å². The number of H-pyrrole nitrogens is 1. The largest absolute Gasteiger partial charge is 0.370 e. The zero-order valence-corrected chi connectivity index (χ0v) is 37.1. The second kappa shape index (κ2) is 21.2. The average molecular weight is 919 g/mol. The van der Waals surface area contributed by atoms with Crippen LogP contribution in [0.15, 0.2) is 77.9 Å². The van der Waals surface area contributed by atoms with E-state index in [-0.39, 0.29) is 64.0 Å². The van der Waals surface area contributed by atoms with E-state index in [4.69, 9.17) is 17.2 Å². The number of primary amides is 1. The van der Waals surface area contributed by atoms with Crippen molar-refractivity contribution in [2.75, 3.05) is 13.1 Å². The summed E-state index contributed by atoms with van der Waals surface area (Å²) in [6.45, 7) is 0.238. The highest BCUT2D eigenvalue weighted by Crippen LogP contribution is 2.38. The molecule has 1 spiro atoms. The molecule has 3 fully saturated rings. The van der Waals surface area contributed by atoms with Crippen molar-refractivity contribution in [1.82, 2.24) is 41.8 Å². The fraction of sp³-hybridized carbons (Fsp3) is 0.426. The van der Waals surface area contributed by atoms with Crippen LogP contribution in [0.25, 0.3) is 21.7 Å². The number of imide groups is 1. The van der Waals surface area contributed by atoms with Gasteiger partial charge in [0.05, 0.1) is 6.42 Å². The van der Waals surface area contributed by atoms with Gasteiger partial charge < -0.3 is 54.1 Å². The predicted octanol–water partition coefficient (Wildman–Crippen LogP) is 0.508. The maximum absolute atomic E-state index is 14.8. The van der Waals surface area contributed by atoms with Gasteiger partial charge >= 0.3 is 6.03 Å². The number of carbonyl (C=O) groups is 8. The lowest BCUT2D eigenvalue weighted by Gasteiger charge is -2.36.